The summed E-state index contributed by atoms with van der Waals surface area (Å²) in [5.74, 6) is 0. The third kappa shape index (κ3) is 9.40. The van der Waals surface area contributed by atoms with Crippen molar-refractivity contribution >= 4 is 37.7 Å². The van der Waals surface area contributed by atoms with E-state index in [4.69, 9.17) is 0 Å². The van der Waals surface area contributed by atoms with Gasteiger partial charge in [0.2, 0.25) is 0 Å². The molecule has 1 N–H and O–H groups in total. The molecule has 0 aliphatic carbocycles. The van der Waals surface area contributed by atoms with E-state index in [9.17, 15) is 0 Å². The third-order valence-electron chi connectivity index (χ3n) is 7.47. The minimum atomic E-state index is 1.14. The molecule has 0 saturated carbocycles. The number of benzene rings is 2. The van der Waals surface area contributed by atoms with Gasteiger partial charge >= 0.3 is 0 Å². The first-order valence-corrected chi connectivity index (χ1v) is 15.3. The maximum atomic E-state index is 3.67. The minimum Gasteiger partial charge on any atom is -0.354 e. The van der Waals surface area contributed by atoms with Crippen molar-refractivity contribution in [1.82, 2.24) is 4.98 Å². The van der Waals surface area contributed by atoms with Crippen molar-refractivity contribution in [3.63, 3.8) is 0 Å². The maximum absolute atomic E-state index is 3.67. The summed E-state index contributed by atoms with van der Waals surface area (Å²) in [5.41, 5.74) is 3.93. The lowest BCUT2D eigenvalue weighted by molar-refractivity contribution is 0.525. The second-order valence-corrected chi connectivity index (χ2v) is 11.3. The molecule has 3 rings (SSSR count). The predicted octanol–water partition coefficient (Wildman–Crippen LogP) is 11.7. The molecule has 2 heteroatoms. The number of para-hydroxylation sites is 1. The van der Waals surface area contributed by atoms with Gasteiger partial charge in [-0.2, -0.15) is 0 Å². The van der Waals surface area contributed by atoms with Gasteiger partial charge in [-0.1, -0.05) is 134 Å². The van der Waals surface area contributed by atoms with Crippen LogP contribution in [0, 0.1) is 0 Å². The number of aromatic amines is 1. The fourth-order valence-corrected chi connectivity index (χ4v) is 5.79. The van der Waals surface area contributed by atoms with Crippen LogP contribution >= 0.6 is 15.9 Å². The number of rotatable bonds is 19. The SMILES string of the molecule is CCCCCCCCCCCCCCCCCCCCc1ccc2[nH]c3c(Br)cccc3c2c1. The summed E-state index contributed by atoms with van der Waals surface area (Å²) in [6.45, 7) is 2.30. The summed E-state index contributed by atoms with van der Waals surface area (Å²) in [4.78, 5) is 3.55. The lowest BCUT2D eigenvalue weighted by Crippen LogP contribution is -1.87. The first kappa shape index (κ1) is 27.3. The minimum absolute atomic E-state index is 1.14. The van der Waals surface area contributed by atoms with Gasteiger partial charge < -0.3 is 4.98 Å². The quantitative estimate of drug-likeness (QED) is 0.150. The first-order chi connectivity index (χ1) is 16.8. The Hall–Kier alpha value is -1.28. The Morgan fingerprint density at radius 1 is 0.588 bits per heavy atom. The van der Waals surface area contributed by atoms with Crippen molar-refractivity contribution in [2.75, 3.05) is 0 Å². The molecule has 1 nitrogen and oxygen atoms in total. The Morgan fingerprint density at radius 2 is 1.12 bits per heavy atom. The molecule has 1 heterocycles. The highest BCUT2D eigenvalue weighted by Crippen LogP contribution is 2.31. The Bertz CT molecular complexity index is 941. The van der Waals surface area contributed by atoms with E-state index in [-0.39, 0.29) is 0 Å². The van der Waals surface area contributed by atoms with Gasteiger partial charge in [0, 0.05) is 20.8 Å². The molecular formula is C32H48BrN. The van der Waals surface area contributed by atoms with Crippen LogP contribution in [0.5, 0.6) is 0 Å². The zero-order chi connectivity index (χ0) is 23.8. The van der Waals surface area contributed by atoms with Crippen LogP contribution in [-0.4, -0.2) is 4.98 Å². The second-order valence-electron chi connectivity index (χ2n) is 10.4. The summed E-state index contributed by atoms with van der Waals surface area (Å²) in [7, 11) is 0. The number of hydrogen-bond acceptors (Lipinski definition) is 0. The average Bonchev–Trinajstić information content (AvgIpc) is 3.23. The highest BCUT2D eigenvalue weighted by molar-refractivity contribution is 9.10. The number of nitrogens with one attached hydrogen (secondary N) is 1. The van der Waals surface area contributed by atoms with Crippen LogP contribution in [0.3, 0.4) is 0 Å². The van der Waals surface area contributed by atoms with Crippen molar-refractivity contribution in [2.45, 2.75) is 129 Å². The van der Waals surface area contributed by atoms with Crippen LogP contribution in [0.25, 0.3) is 21.8 Å². The molecule has 0 atom stereocenters. The number of fused-ring (bicyclic) bond motifs is 3. The van der Waals surface area contributed by atoms with Gasteiger partial charge in [0.1, 0.15) is 0 Å². The zero-order valence-corrected chi connectivity index (χ0v) is 23.4. The fourth-order valence-electron chi connectivity index (χ4n) is 5.32. The number of aromatic nitrogens is 1. The molecule has 0 radical (unpaired) electrons. The Labute approximate surface area is 217 Å². The molecule has 34 heavy (non-hydrogen) atoms. The normalized spacial score (nSPS) is 11.7. The molecule has 0 aliphatic rings. The van der Waals surface area contributed by atoms with Crippen molar-refractivity contribution in [2.24, 2.45) is 0 Å². The predicted molar refractivity (Wildman–Crippen MR) is 156 cm³/mol. The zero-order valence-electron chi connectivity index (χ0n) is 21.8. The van der Waals surface area contributed by atoms with E-state index in [0.717, 1.165) is 4.47 Å². The molecule has 0 fully saturated rings. The Kier molecular flexibility index (Phi) is 13.2. The molecule has 0 aliphatic heterocycles. The van der Waals surface area contributed by atoms with E-state index in [2.05, 4.69) is 64.2 Å². The molecule has 0 amide bonds. The number of H-pyrrole nitrogens is 1. The monoisotopic (exact) mass is 525 g/mol. The Balaban J connectivity index is 1.15. The third-order valence-corrected chi connectivity index (χ3v) is 8.13. The van der Waals surface area contributed by atoms with Crippen LogP contribution in [0.4, 0.5) is 0 Å². The summed E-state index contributed by atoms with van der Waals surface area (Å²) in [6, 6.07) is 13.4. The molecule has 0 unspecified atom stereocenters. The maximum Gasteiger partial charge on any atom is 0.0609 e. The smallest absolute Gasteiger partial charge is 0.0609 e. The van der Waals surface area contributed by atoms with E-state index in [0.29, 0.717) is 0 Å². The van der Waals surface area contributed by atoms with Gasteiger partial charge in [0.15, 0.2) is 0 Å². The van der Waals surface area contributed by atoms with Crippen LogP contribution < -0.4 is 0 Å². The highest BCUT2D eigenvalue weighted by Gasteiger charge is 2.07. The number of aryl methyl sites for hydroxylation is 1. The largest absolute Gasteiger partial charge is 0.354 e. The topological polar surface area (TPSA) is 15.8 Å². The van der Waals surface area contributed by atoms with Crippen LogP contribution in [0.15, 0.2) is 40.9 Å². The van der Waals surface area contributed by atoms with Crippen LogP contribution in [-0.2, 0) is 6.42 Å². The summed E-state index contributed by atoms with van der Waals surface area (Å²) in [5, 5.41) is 2.68. The van der Waals surface area contributed by atoms with Gasteiger partial charge in [-0.3, -0.25) is 0 Å². The molecule has 0 saturated heterocycles. The molecule has 1 aromatic heterocycles. The van der Waals surface area contributed by atoms with Gasteiger partial charge in [-0.25, -0.2) is 0 Å². The highest BCUT2D eigenvalue weighted by atomic mass is 79.9. The molecule has 0 bridgehead atoms. The lowest BCUT2D eigenvalue weighted by Gasteiger charge is -2.04. The van der Waals surface area contributed by atoms with Gasteiger partial charge in [-0.05, 0) is 52.5 Å². The van der Waals surface area contributed by atoms with Crippen LogP contribution in [0.2, 0.25) is 0 Å². The average molecular weight is 527 g/mol. The molecular weight excluding hydrogens is 478 g/mol. The summed E-state index contributed by atoms with van der Waals surface area (Å²) in [6.07, 6.45) is 27.1. The van der Waals surface area contributed by atoms with Gasteiger partial charge in [0.05, 0.1) is 5.52 Å². The van der Waals surface area contributed by atoms with E-state index in [1.807, 2.05) is 0 Å². The van der Waals surface area contributed by atoms with E-state index < -0.39 is 0 Å². The lowest BCUT2D eigenvalue weighted by atomic mass is 10.0. The first-order valence-electron chi connectivity index (χ1n) is 14.5. The van der Waals surface area contributed by atoms with Gasteiger partial charge in [-0.15, -0.1) is 0 Å². The molecule has 188 valence electrons. The van der Waals surface area contributed by atoms with Gasteiger partial charge in [0.25, 0.3) is 0 Å². The van der Waals surface area contributed by atoms with Crippen molar-refractivity contribution in [3.05, 3.63) is 46.4 Å². The van der Waals surface area contributed by atoms with Crippen LogP contribution in [0.1, 0.15) is 128 Å². The summed E-state index contributed by atoms with van der Waals surface area (Å²) < 4.78 is 1.14. The number of unbranched alkanes of at least 4 members (excludes halogenated alkanes) is 17. The summed E-state index contributed by atoms with van der Waals surface area (Å²) >= 11 is 3.67. The van der Waals surface area contributed by atoms with E-state index >= 15 is 0 Å². The number of halogens is 1. The van der Waals surface area contributed by atoms with E-state index in [1.165, 1.54) is 149 Å². The van der Waals surface area contributed by atoms with Crippen molar-refractivity contribution < 1.29 is 0 Å². The fraction of sp³-hybridized carbons (Fsp3) is 0.625. The van der Waals surface area contributed by atoms with E-state index in [1.54, 1.807) is 0 Å². The standard InChI is InChI=1S/C32H48BrN/c1-2-3-4-5-6-7-8-9-10-11-12-13-14-15-16-17-18-19-21-27-24-25-31-29(26-27)28-22-20-23-30(33)32(28)34-31/h20,22-26,34H,2-19,21H2,1H3. The van der Waals surface area contributed by atoms with Crippen molar-refractivity contribution in [3.8, 4) is 0 Å². The number of hydrogen-bond donors (Lipinski definition) is 1. The molecule has 3 aromatic rings. The molecule has 2 aromatic carbocycles. The Morgan fingerprint density at radius 3 is 1.68 bits per heavy atom. The van der Waals surface area contributed by atoms with Crippen molar-refractivity contribution in [1.29, 1.82) is 0 Å². The second kappa shape index (κ2) is 16.4. The molecule has 0 spiro atoms.